The predicted octanol–water partition coefficient (Wildman–Crippen LogP) is 2.74. The number of halogens is 1. The van der Waals surface area contributed by atoms with Crippen molar-refractivity contribution in [3.8, 4) is 0 Å². The van der Waals surface area contributed by atoms with Crippen molar-refractivity contribution in [1.29, 1.82) is 0 Å². The van der Waals surface area contributed by atoms with Crippen LogP contribution in [-0.4, -0.2) is 28.4 Å². The van der Waals surface area contributed by atoms with Gasteiger partial charge in [-0.1, -0.05) is 0 Å². The third kappa shape index (κ3) is 2.94. The first-order valence-electron chi connectivity index (χ1n) is 5.08. The van der Waals surface area contributed by atoms with E-state index in [1.807, 2.05) is 11.7 Å². The summed E-state index contributed by atoms with van der Waals surface area (Å²) in [5.74, 6) is 0. The molecule has 0 radical (unpaired) electrons. The summed E-state index contributed by atoms with van der Waals surface area (Å²) < 4.78 is 0. The van der Waals surface area contributed by atoms with Crippen molar-refractivity contribution in [3.63, 3.8) is 0 Å². The minimum absolute atomic E-state index is 0.390. The second kappa shape index (κ2) is 5.10. The Kier molecular flexibility index (Phi) is 3.79. The van der Waals surface area contributed by atoms with Crippen LogP contribution in [0.15, 0.2) is 11.7 Å². The lowest BCUT2D eigenvalue weighted by Gasteiger charge is -2.18. The topological polar surface area (TPSA) is 16.1 Å². The van der Waals surface area contributed by atoms with Crippen LogP contribution >= 0.6 is 22.9 Å². The summed E-state index contributed by atoms with van der Waals surface area (Å²) in [5.41, 5.74) is 1.90. The predicted molar refractivity (Wildman–Crippen MR) is 60.9 cm³/mol. The number of likely N-dealkylation sites (tertiary alicyclic amines) is 1. The number of alkyl halides is 1. The van der Waals surface area contributed by atoms with E-state index in [2.05, 4.69) is 9.88 Å². The van der Waals surface area contributed by atoms with Gasteiger partial charge in [0.1, 0.15) is 0 Å². The summed E-state index contributed by atoms with van der Waals surface area (Å²) >= 11 is 7.87. The van der Waals surface area contributed by atoms with E-state index >= 15 is 0 Å². The van der Waals surface area contributed by atoms with E-state index in [1.165, 1.54) is 24.3 Å². The Balaban J connectivity index is 1.86. The average Bonchev–Trinajstić information content (AvgIpc) is 2.58. The number of nitrogens with zero attached hydrogens (tertiary/aromatic N) is 2. The van der Waals surface area contributed by atoms with Gasteiger partial charge in [-0.3, -0.25) is 9.88 Å². The van der Waals surface area contributed by atoms with Crippen LogP contribution in [0, 0.1) is 0 Å². The van der Waals surface area contributed by atoms with E-state index < -0.39 is 0 Å². The molecule has 1 unspecified atom stereocenters. The van der Waals surface area contributed by atoms with Gasteiger partial charge < -0.3 is 0 Å². The maximum Gasteiger partial charge on any atom is 0.0794 e. The average molecular weight is 231 g/mol. The molecule has 4 heteroatoms. The second-order valence-electron chi connectivity index (χ2n) is 3.77. The summed E-state index contributed by atoms with van der Waals surface area (Å²) in [6.45, 7) is 3.36. The lowest BCUT2D eigenvalue weighted by atomic mass is 10.2. The van der Waals surface area contributed by atoms with E-state index in [1.54, 1.807) is 11.3 Å². The zero-order valence-corrected chi connectivity index (χ0v) is 9.73. The fraction of sp³-hybridized carbons (Fsp3) is 0.700. The highest BCUT2D eigenvalue weighted by Gasteiger charge is 2.15. The molecular formula is C10H15ClN2S. The van der Waals surface area contributed by atoms with Crippen LogP contribution in [0.1, 0.15) is 24.1 Å². The Morgan fingerprint density at radius 2 is 2.43 bits per heavy atom. The van der Waals surface area contributed by atoms with E-state index in [-0.39, 0.29) is 0 Å². The molecule has 2 heterocycles. The van der Waals surface area contributed by atoms with Crippen molar-refractivity contribution in [2.24, 2.45) is 0 Å². The molecule has 1 aromatic rings. The summed E-state index contributed by atoms with van der Waals surface area (Å²) in [6, 6.07) is 0. The van der Waals surface area contributed by atoms with Gasteiger partial charge in [0.05, 0.1) is 5.51 Å². The molecule has 0 aromatic carbocycles. The van der Waals surface area contributed by atoms with Gasteiger partial charge in [0.25, 0.3) is 0 Å². The fourth-order valence-corrected chi connectivity index (χ4v) is 2.70. The lowest BCUT2D eigenvalue weighted by Crippen LogP contribution is -2.23. The molecule has 1 atom stereocenters. The Morgan fingerprint density at radius 1 is 1.50 bits per heavy atom. The van der Waals surface area contributed by atoms with Crippen molar-refractivity contribution in [2.45, 2.75) is 31.2 Å². The van der Waals surface area contributed by atoms with Crippen LogP contribution in [0.3, 0.4) is 0 Å². The van der Waals surface area contributed by atoms with Crippen molar-refractivity contribution in [2.75, 3.05) is 13.1 Å². The third-order valence-corrected chi connectivity index (χ3v) is 3.81. The molecule has 0 spiro atoms. The SMILES string of the molecule is ClC1CCCN(Cc2cncs2)CC1. The lowest BCUT2D eigenvalue weighted by molar-refractivity contribution is 0.279. The van der Waals surface area contributed by atoms with Crippen LogP contribution in [0.25, 0.3) is 0 Å². The molecule has 1 saturated heterocycles. The highest BCUT2D eigenvalue weighted by atomic mass is 35.5. The molecular weight excluding hydrogens is 216 g/mol. The molecule has 0 saturated carbocycles. The maximum atomic E-state index is 6.13. The standard InChI is InChI=1S/C10H15ClN2S/c11-9-2-1-4-13(5-3-9)7-10-6-12-8-14-10/h6,8-9H,1-5,7H2. The molecule has 1 aromatic heterocycles. The molecule has 1 fully saturated rings. The molecule has 2 nitrogen and oxygen atoms in total. The van der Waals surface area contributed by atoms with Crippen LogP contribution in [0.5, 0.6) is 0 Å². The van der Waals surface area contributed by atoms with E-state index in [9.17, 15) is 0 Å². The van der Waals surface area contributed by atoms with Crippen molar-refractivity contribution in [3.05, 3.63) is 16.6 Å². The van der Waals surface area contributed by atoms with Gasteiger partial charge in [0.15, 0.2) is 0 Å². The van der Waals surface area contributed by atoms with E-state index in [0.29, 0.717) is 5.38 Å². The molecule has 78 valence electrons. The first kappa shape index (κ1) is 10.4. The fourth-order valence-electron chi connectivity index (χ4n) is 1.81. The molecule has 2 rings (SSSR count). The Morgan fingerprint density at radius 3 is 3.21 bits per heavy atom. The zero-order valence-electron chi connectivity index (χ0n) is 8.16. The largest absolute Gasteiger partial charge is 0.298 e. The van der Waals surface area contributed by atoms with Crippen LogP contribution in [0.2, 0.25) is 0 Å². The quantitative estimate of drug-likeness (QED) is 0.727. The van der Waals surface area contributed by atoms with Gasteiger partial charge in [-0.2, -0.15) is 0 Å². The number of aromatic nitrogens is 1. The number of rotatable bonds is 2. The van der Waals surface area contributed by atoms with Gasteiger partial charge in [0, 0.05) is 23.0 Å². The van der Waals surface area contributed by atoms with Gasteiger partial charge >= 0.3 is 0 Å². The minimum atomic E-state index is 0.390. The summed E-state index contributed by atoms with van der Waals surface area (Å²) in [4.78, 5) is 7.93. The first-order valence-corrected chi connectivity index (χ1v) is 6.40. The van der Waals surface area contributed by atoms with Gasteiger partial charge in [0.2, 0.25) is 0 Å². The highest BCUT2D eigenvalue weighted by Crippen LogP contribution is 2.18. The summed E-state index contributed by atoms with van der Waals surface area (Å²) in [6.07, 6.45) is 5.49. The van der Waals surface area contributed by atoms with Crippen LogP contribution in [-0.2, 0) is 6.54 Å². The highest BCUT2D eigenvalue weighted by molar-refractivity contribution is 7.09. The Labute approximate surface area is 93.9 Å². The van der Waals surface area contributed by atoms with E-state index in [4.69, 9.17) is 11.6 Å². The molecule has 14 heavy (non-hydrogen) atoms. The molecule has 1 aliphatic rings. The van der Waals surface area contributed by atoms with Crippen LogP contribution in [0.4, 0.5) is 0 Å². The van der Waals surface area contributed by atoms with Gasteiger partial charge in [-0.25, -0.2) is 0 Å². The second-order valence-corrected chi connectivity index (χ2v) is 5.36. The molecule has 1 aliphatic heterocycles. The van der Waals surface area contributed by atoms with Crippen LogP contribution < -0.4 is 0 Å². The van der Waals surface area contributed by atoms with Crippen molar-refractivity contribution < 1.29 is 0 Å². The minimum Gasteiger partial charge on any atom is -0.298 e. The van der Waals surface area contributed by atoms with Gasteiger partial charge in [-0.15, -0.1) is 22.9 Å². The maximum absolute atomic E-state index is 6.13. The smallest absolute Gasteiger partial charge is 0.0794 e. The zero-order chi connectivity index (χ0) is 9.80. The summed E-state index contributed by atoms with van der Waals surface area (Å²) in [7, 11) is 0. The number of hydrogen-bond donors (Lipinski definition) is 0. The third-order valence-electron chi connectivity index (χ3n) is 2.61. The molecule has 0 amide bonds. The summed E-state index contributed by atoms with van der Waals surface area (Å²) in [5, 5.41) is 0.390. The normalized spacial score (nSPS) is 24.8. The molecule has 0 aliphatic carbocycles. The number of thiazole rings is 1. The Hall–Kier alpha value is -0.120. The van der Waals surface area contributed by atoms with Gasteiger partial charge in [-0.05, 0) is 32.4 Å². The molecule has 0 bridgehead atoms. The monoisotopic (exact) mass is 230 g/mol. The van der Waals surface area contributed by atoms with Crippen molar-refractivity contribution in [1.82, 2.24) is 9.88 Å². The Bertz CT molecular complexity index is 263. The first-order chi connectivity index (χ1) is 6.84. The number of hydrogen-bond acceptors (Lipinski definition) is 3. The van der Waals surface area contributed by atoms with E-state index in [0.717, 1.165) is 19.5 Å². The van der Waals surface area contributed by atoms with Crippen molar-refractivity contribution >= 4 is 22.9 Å². The molecule has 0 N–H and O–H groups in total.